The average molecular weight is 275 g/mol. The van der Waals surface area contributed by atoms with Crippen LogP contribution >= 0.6 is 11.3 Å². The van der Waals surface area contributed by atoms with Crippen LogP contribution in [0.15, 0.2) is 30.3 Å². The number of aromatic nitrogens is 1. The maximum absolute atomic E-state index is 5.85. The lowest BCUT2D eigenvalue weighted by Gasteiger charge is -2.18. The summed E-state index contributed by atoms with van der Waals surface area (Å²) in [5, 5.41) is 0.997. The molecule has 0 radical (unpaired) electrons. The molecule has 0 saturated heterocycles. The molecule has 0 aliphatic rings. The summed E-state index contributed by atoms with van der Waals surface area (Å²) in [5.74, 6) is 0. The molecule has 0 aliphatic heterocycles. The lowest BCUT2D eigenvalue weighted by atomic mass is 9.91. The smallest absolute Gasteiger partial charge is 0.190 e. The third kappa shape index (κ3) is 2.96. The van der Waals surface area contributed by atoms with Crippen LogP contribution in [-0.2, 0) is 12.0 Å². The normalized spacial score (nSPS) is 11.6. The summed E-state index contributed by atoms with van der Waals surface area (Å²) >= 11 is 1.68. The van der Waals surface area contributed by atoms with Crippen molar-refractivity contribution in [3.63, 3.8) is 0 Å². The molecule has 102 valence electrons. The van der Waals surface area contributed by atoms with Crippen molar-refractivity contribution >= 4 is 22.2 Å². The van der Waals surface area contributed by atoms with E-state index in [0.29, 0.717) is 6.54 Å². The van der Waals surface area contributed by atoms with E-state index >= 15 is 0 Å². The molecule has 2 N–H and O–H groups in total. The topological polar surface area (TPSA) is 42.2 Å². The SMILES string of the molecule is CN(c1ccccc1)c1nc(C(C)(C)C)c(CN)s1. The number of thiazole rings is 1. The minimum Gasteiger partial charge on any atom is -0.326 e. The molecule has 0 atom stereocenters. The number of hydrogen-bond donors (Lipinski definition) is 1. The summed E-state index contributed by atoms with van der Waals surface area (Å²) in [6.45, 7) is 7.07. The summed E-state index contributed by atoms with van der Waals surface area (Å²) in [5.41, 5.74) is 8.13. The van der Waals surface area contributed by atoms with Gasteiger partial charge in [0.25, 0.3) is 0 Å². The molecule has 0 bridgehead atoms. The van der Waals surface area contributed by atoms with Crippen LogP contribution in [0.4, 0.5) is 10.8 Å². The number of nitrogens with two attached hydrogens (primary N) is 1. The molecule has 1 heterocycles. The highest BCUT2D eigenvalue weighted by Crippen LogP contribution is 2.35. The zero-order valence-electron chi connectivity index (χ0n) is 12.0. The molecular weight excluding hydrogens is 254 g/mol. The predicted molar refractivity (Wildman–Crippen MR) is 83.2 cm³/mol. The van der Waals surface area contributed by atoms with Crippen molar-refractivity contribution in [3.05, 3.63) is 40.9 Å². The minimum atomic E-state index is 0.0288. The maximum atomic E-state index is 5.85. The average Bonchev–Trinajstić information content (AvgIpc) is 2.83. The second kappa shape index (κ2) is 5.31. The Morgan fingerprint density at radius 3 is 2.32 bits per heavy atom. The van der Waals surface area contributed by atoms with Crippen LogP contribution in [-0.4, -0.2) is 12.0 Å². The number of benzene rings is 1. The Balaban J connectivity index is 2.39. The molecule has 0 spiro atoms. The van der Waals surface area contributed by atoms with Crippen LogP contribution in [0.5, 0.6) is 0 Å². The van der Waals surface area contributed by atoms with Gasteiger partial charge < -0.3 is 10.6 Å². The van der Waals surface area contributed by atoms with Crippen molar-refractivity contribution in [2.24, 2.45) is 5.73 Å². The van der Waals surface area contributed by atoms with Gasteiger partial charge in [0.1, 0.15) is 0 Å². The number of para-hydroxylation sites is 1. The highest BCUT2D eigenvalue weighted by atomic mass is 32.1. The Kier molecular flexibility index (Phi) is 3.92. The molecule has 19 heavy (non-hydrogen) atoms. The first-order valence-electron chi connectivity index (χ1n) is 6.42. The van der Waals surface area contributed by atoms with Crippen LogP contribution in [0.3, 0.4) is 0 Å². The fourth-order valence-electron chi connectivity index (χ4n) is 1.97. The molecule has 2 aromatic rings. The van der Waals surface area contributed by atoms with Gasteiger partial charge in [-0.15, -0.1) is 0 Å². The van der Waals surface area contributed by atoms with E-state index < -0.39 is 0 Å². The van der Waals surface area contributed by atoms with Gasteiger partial charge in [0, 0.05) is 29.6 Å². The summed E-state index contributed by atoms with van der Waals surface area (Å²) in [4.78, 5) is 8.07. The van der Waals surface area contributed by atoms with Gasteiger partial charge in [-0.25, -0.2) is 4.98 Å². The lowest BCUT2D eigenvalue weighted by Crippen LogP contribution is -2.16. The first kappa shape index (κ1) is 14.0. The standard InChI is InChI=1S/C15H21N3S/c1-15(2,3)13-12(10-16)19-14(17-13)18(4)11-8-6-5-7-9-11/h5-9H,10,16H2,1-4H3. The first-order chi connectivity index (χ1) is 8.93. The Morgan fingerprint density at radius 2 is 1.84 bits per heavy atom. The van der Waals surface area contributed by atoms with E-state index in [-0.39, 0.29) is 5.41 Å². The second-order valence-electron chi connectivity index (χ2n) is 5.62. The van der Waals surface area contributed by atoms with Crippen molar-refractivity contribution in [2.75, 3.05) is 11.9 Å². The number of rotatable bonds is 3. The van der Waals surface area contributed by atoms with E-state index in [9.17, 15) is 0 Å². The molecule has 3 nitrogen and oxygen atoms in total. The van der Waals surface area contributed by atoms with Gasteiger partial charge in [-0.2, -0.15) is 0 Å². The Hall–Kier alpha value is -1.39. The van der Waals surface area contributed by atoms with E-state index in [1.54, 1.807) is 11.3 Å². The van der Waals surface area contributed by atoms with Crippen molar-refractivity contribution in [3.8, 4) is 0 Å². The van der Waals surface area contributed by atoms with E-state index in [0.717, 1.165) is 16.5 Å². The fraction of sp³-hybridized carbons (Fsp3) is 0.400. The zero-order valence-corrected chi connectivity index (χ0v) is 12.8. The maximum Gasteiger partial charge on any atom is 0.190 e. The van der Waals surface area contributed by atoms with Gasteiger partial charge in [-0.1, -0.05) is 50.3 Å². The fourth-order valence-corrected chi connectivity index (χ4v) is 3.10. The third-order valence-electron chi connectivity index (χ3n) is 3.01. The minimum absolute atomic E-state index is 0.0288. The van der Waals surface area contributed by atoms with Crippen molar-refractivity contribution < 1.29 is 0 Å². The zero-order chi connectivity index (χ0) is 14.0. The molecule has 0 amide bonds. The summed E-state index contributed by atoms with van der Waals surface area (Å²) < 4.78 is 0. The van der Waals surface area contributed by atoms with E-state index in [4.69, 9.17) is 10.7 Å². The largest absolute Gasteiger partial charge is 0.326 e. The number of hydrogen-bond acceptors (Lipinski definition) is 4. The van der Waals surface area contributed by atoms with Gasteiger partial charge in [0.15, 0.2) is 5.13 Å². The van der Waals surface area contributed by atoms with E-state index in [1.165, 1.54) is 4.88 Å². The van der Waals surface area contributed by atoms with Crippen LogP contribution in [0.2, 0.25) is 0 Å². The lowest BCUT2D eigenvalue weighted by molar-refractivity contribution is 0.566. The summed E-state index contributed by atoms with van der Waals surface area (Å²) in [7, 11) is 2.04. The van der Waals surface area contributed by atoms with Crippen LogP contribution in [0.25, 0.3) is 0 Å². The van der Waals surface area contributed by atoms with Gasteiger partial charge in [-0.3, -0.25) is 0 Å². The van der Waals surface area contributed by atoms with Crippen LogP contribution in [0.1, 0.15) is 31.3 Å². The molecule has 4 heteroatoms. The Morgan fingerprint density at radius 1 is 1.21 bits per heavy atom. The van der Waals surface area contributed by atoms with Gasteiger partial charge >= 0.3 is 0 Å². The molecule has 0 saturated carbocycles. The summed E-state index contributed by atoms with van der Waals surface area (Å²) in [6, 6.07) is 10.3. The Labute approximate surface area is 119 Å². The van der Waals surface area contributed by atoms with Crippen molar-refractivity contribution in [2.45, 2.75) is 32.7 Å². The molecule has 1 aromatic carbocycles. The molecule has 1 aromatic heterocycles. The van der Waals surface area contributed by atoms with E-state index in [2.05, 4.69) is 37.8 Å². The molecule has 0 fully saturated rings. The quantitative estimate of drug-likeness (QED) is 0.929. The van der Waals surface area contributed by atoms with Crippen molar-refractivity contribution in [1.82, 2.24) is 4.98 Å². The van der Waals surface area contributed by atoms with E-state index in [1.807, 2.05) is 25.2 Å². The third-order valence-corrected chi connectivity index (χ3v) is 4.17. The highest BCUT2D eigenvalue weighted by molar-refractivity contribution is 7.15. The van der Waals surface area contributed by atoms with Crippen LogP contribution in [0, 0.1) is 0 Å². The van der Waals surface area contributed by atoms with Gasteiger partial charge in [0.2, 0.25) is 0 Å². The number of anilines is 2. The second-order valence-corrected chi connectivity index (χ2v) is 6.68. The van der Waals surface area contributed by atoms with Gasteiger partial charge in [0.05, 0.1) is 5.69 Å². The van der Waals surface area contributed by atoms with Gasteiger partial charge in [-0.05, 0) is 12.1 Å². The first-order valence-corrected chi connectivity index (χ1v) is 7.24. The predicted octanol–water partition coefficient (Wildman–Crippen LogP) is 3.67. The molecule has 0 unspecified atom stereocenters. The van der Waals surface area contributed by atoms with Crippen molar-refractivity contribution in [1.29, 1.82) is 0 Å². The van der Waals surface area contributed by atoms with Crippen LogP contribution < -0.4 is 10.6 Å². The molecule has 2 rings (SSSR count). The molecular formula is C15H21N3S. The highest BCUT2D eigenvalue weighted by Gasteiger charge is 2.23. The monoisotopic (exact) mass is 275 g/mol. The molecule has 0 aliphatic carbocycles. The Bertz CT molecular complexity index is 540. The summed E-state index contributed by atoms with van der Waals surface area (Å²) in [6.07, 6.45) is 0. The number of nitrogens with zero attached hydrogens (tertiary/aromatic N) is 2.